The molecule has 1 aromatic carbocycles. The summed E-state index contributed by atoms with van der Waals surface area (Å²) in [5.41, 5.74) is 2.45. The number of aromatic nitrogens is 1. The first kappa shape index (κ1) is 12.6. The molecular formula is C15H17NSn. The van der Waals surface area contributed by atoms with Crippen LogP contribution < -0.4 is 3.71 Å². The molecule has 86 valence electrons. The molecule has 0 saturated heterocycles. The fraction of sp³-hybridized carbons (Fsp3) is 0.267. The monoisotopic (exact) mass is 331 g/mol. The Kier molecular flexibility index (Phi) is 3.87. The van der Waals surface area contributed by atoms with Crippen LogP contribution in [0.25, 0.3) is 11.1 Å². The van der Waals surface area contributed by atoms with Crippen LogP contribution in [-0.2, 0) is 0 Å². The molecule has 1 nitrogen and oxygen atoms in total. The summed E-state index contributed by atoms with van der Waals surface area (Å²) in [7, 11) is 0. The van der Waals surface area contributed by atoms with Gasteiger partial charge in [-0.1, -0.05) is 0 Å². The maximum atomic E-state index is 4.62. The Morgan fingerprint density at radius 1 is 0.882 bits per heavy atom. The summed E-state index contributed by atoms with van der Waals surface area (Å²) in [6.45, 7) is 6.93. The van der Waals surface area contributed by atoms with E-state index in [1.54, 1.807) is 0 Å². The van der Waals surface area contributed by atoms with Gasteiger partial charge in [0.1, 0.15) is 0 Å². The van der Waals surface area contributed by atoms with E-state index >= 15 is 0 Å². The molecule has 0 bridgehead atoms. The molecule has 0 amide bonds. The second kappa shape index (κ2) is 5.21. The number of rotatable bonds is 2. The van der Waals surface area contributed by atoms with Gasteiger partial charge < -0.3 is 0 Å². The minimum atomic E-state index is -0.570. The second-order valence-electron chi connectivity index (χ2n) is 5.17. The van der Waals surface area contributed by atoms with Crippen LogP contribution in [0.1, 0.15) is 20.8 Å². The molecule has 0 saturated carbocycles. The molecule has 2 rings (SSSR count). The summed E-state index contributed by atoms with van der Waals surface area (Å²) in [5.74, 6) is 0. The third-order valence-corrected chi connectivity index (χ3v) is 6.09. The molecule has 0 aliphatic carbocycles. The van der Waals surface area contributed by atoms with Crippen LogP contribution in [0.15, 0.2) is 48.7 Å². The molecule has 2 heteroatoms. The molecule has 1 heterocycles. The Balaban J connectivity index is 2.19. The summed E-state index contributed by atoms with van der Waals surface area (Å²) in [6.07, 6.45) is 2.01. The fourth-order valence-corrected chi connectivity index (χ4v) is 4.69. The van der Waals surface area contributed by atoms with Gasteiger partial charge in [-0.25, -0.2) is 0 Å². The summed E-state index contributed by atoms with van der Waals surface area (Å²) in [6, 6.07) is 14.8. The van der Waals surface area contributed by atoms with E-state index in [1.165, 1.54) is 14.8 Å². The van der Waals surface area contributed by atoms with Crippen molar-refractivity contribution in [3.05, 3.63) is 48.7 Å². The van der Waals surface area contributed by atoms with Crippen molar-refractivity contribution in [2.24, 2.45) is 0 Å². The van der Waals surface area contributed by atoms with Crippen LogP contribution in [0.3, 0.4) is 0 Å². The van der Waals surface area contributed by atoms with Crippen LogP contribution >= 0.6 is 0 Å². The van der Waals surface area contributed by atoms with Gasteiger partial charge in [0.2, 0.25) is 0 Å². The SMILES string of the molecule is C[C](C)(C)[Sn][c]1ccc(-c2ccccc2)cn1. The summed E-state index contributed by atoms with van der Waals surface area (Å²) >= 11 is -0.570. The van der Waals surface area contributed by atoms with Gasteiger partial charge in [-0.2, -0.15) is 0 Å². The van der Waals surface area contributed by atoms with E-state index in [0.717, 1.165) is 0 Å². The van der Waals surface area contributed by atoms with Crippen molar-refractivity contribution in [3.8, 4) is 11.1 Å². The Bertz CT molecular complexity index is 469. The van der Waals surface area contributed by atoms with Gasteiger partial charge in [-0.05, 0) is 0 Å². The zero-order valence-corrected chi connectivity index (χ0v) is 13.4. The third kappa shape index (κ3) is 3.84. The first-order valence-electron chi connectivity index (χ1n) is 5.84. The quantitative estimate of drug-likeness (QED) is 0.770. The van der Waals surface area contributed by atoms with Crippen molar-refractivity contribution in [2.45, 2.75) is 24.2 Å². The van der Waals surface area contributed by atoms with Crippen molar-refractivity contribution in [2.75, 3.05) is 0 Å². The van der Waals surface area contributed by atoms with E-state index in [-0.39, 0.29) is 0 Å². The third-order valence-electron chi connectivity index (χ3n) is 2.37. The molecule has 0 unspecified atom stereocenters. The molecule has 0 spiro atoms. The van der Waals surface area contributed by atoms with Gasteiger partial charge in [-0.3, -0.25) is 0 Å². The average Bonchev–Trinajstić information content (AvgIpc) is 2.29. The Morgan fingerprint density at radius 2 is 1.59 bits per heavy atom. The number of benzene rings is 1. The molecule has 2 aromatic rings. The van der Waals surface area contributed by atoms with Gasteiger partial charge in [0.25, 0.3) is 0 Å². The van der Waals surface area contributed by atoms with Crippen LogP contribution in [0.2, 0.25) is 3.43 Å². The van der Waals surface area contributed by atoms with Crippen LogP contribution in [0.5, 0.6) is 0 Å². The zero-order chi connectivity index (χ0) is 12.3. The molecular weight excluding hydrogens is 313 g/mol. The van der Waals surface area contributed by atoms with E-state index in [9.17, 15) is 0 Å². The minimum absolute atomic E-state index is 0.463. The molecule has 0 atom stereocenters. The first-order valence-corrected chi connectivity index (χ1v) is 8.70. The standard InChI is InChI=1S/C11H8N.C4H9.Sn/c1-2-5-10(6-3-1)11-7-4-8-12-9-11;1-4(2)3;/h1-7,9H;1-3H3;. The van der Waals surface area contributed by atoms with Gasteiger partial charge >= 0.3 is 114 Å². The van der Waals surface area contributed by atoms with E-state index in [1.807, 2.05) is 12.3 Å². The van der Waals surface area contributed by atoms with E-state index in [2.05, 4.69) is 62.2 Å². The van der Waals surface area contributed by atoms with Crippen molar-refractivity contribution >= 4 is 24.9 Å². The predicted octanol–water partition coefficient (Wildman–Crippen LogP) is 3.30. The Morgan fingerprint density at radius 3 is 2.12 bits per heavy atom. The summed E-state index contributed by atoms with van der Waals surface area (Å²) in [5, 5.41) is 0. The maximum absolute atomic E-state index is 4.62. The second-order valence-corrected chi connectivity index (χ2v) is 11.6. The number of pyridine rings is 1. The molecule has 0 aliphatic heterocycles. The van der Waals surface area contributed by atoms with Crippen LogP contribution in [0, 0.1) is 0 Å². The molecule has 17 heavy (non-hydrogen) atoms. The van der Waals surface area contributed by atoms with Crippen molar-refractivity contribution in [1.29, 1.82) is 0 Å². The van der Waals surface area contributed by atoms with Gasteiger partial charge in [-0.15, -0.1) is 0 Å². The van der Waals surface area contributed by atoms with Crippen LogP contribution in [-0.4, -0.2) is 26.1 Å². The van der Waals surface area contributed by atoms with Crippen LogP contribution in [0.4, 0.5) is 0 Å². The Labute approximate surface area is 114 Å². The summed E-state index contributed by atoms with van der Waals surface area (Å²) in [4.78, 5) is 4.62. The van der Waals surface area contributed by atoms with E-state index in [0.29, 0.717) is 3.43 Å². The summed E-state index contributed by atoms with van der Waals surface area (Å²) < 4.78 is 1.80. The topological polar surface area (TPSA) is 12.9 Å². The molecule has 0 fully saturated rings. The van der Waals surface area contributed by atoms with Crippen molar-refractivity contribution < 1.29 is 0 Å². The van der Waals surface area contributed by atoms with Crippen molar-refractivity contribution in [3.63, 3.8) is 0 Å². The van der Waals surface area contributed by atoms with Crippen molar-refractivity contribution in [1.82, 2.24) is 4.98 Å². The molecule has 2 radical (unpaired) electrons. The van der Waals surface area contributed by atoms with Gasteiger partial charge in [0.15, 0.2) is 0 Å². The molecule has 0 N–H and O–H groups in total. The zero-order valence-electron chi connectivity index (χ0n) is 10.6. The molecule has 1 aromatic heterocycles. The molecule has 0 aliphatic rings. The number of hydrogen-bond donors (Lipinski definition) is 0. The Hall–Kier alpha value is -0.831. The van der Waals surface area contributed by atoms with Gasteiger partial charge in [0.05, 0.1) is 0 Å². The number of nitrogens with zero attached hydrogens (tertiary/aromatic N) is 1. The number of hydrogen-bond acceptors (Lipinski definition) is 1. The normalized spacial score (nSPS) is 11.5. The average molecular weight is 330 g/mol. The van der Waals surface area contributed by atoms with E-state index < -0.39 is 21.1 Å². The van der Waals surface area contributed by atoms with Gasteiger partial charge in [0, 0.05) is 0 Å². The fourth-order valence-electron chi connectivity index (χ4n) is 1.65. The van der Waals surface area contributed by atoms with E-state index in [4.69, 9.17) is 0 Å². The first-order chi connectivity index (χ1) is 8.04. The predicted molar refractivity (Wildman–Crippen MR) is 74.8 cm³/mol.